The molecule has 1 unspecified atom stereocenters. The molecule has 1 fully saturated rings. The zero-order valence-corrected chi connectivity index (χ0v) is 10.3. The molecule has 1 heterocycles. The number of piperidine rings is 1. The molecule has 1 aromatic rings. The van der Waals surface area contributed by atoms with Crippen molar-refractivity contribution in [3.05, 3.63) is 40.4 Å². The Kier molecular flexibility index (Phi) is 3.98. The maximum absolute atomic E-state index is 3.51. The zero-order chi connectivity index (χ0) is 10.5. The molecule has 0 bridgehead atoms. The van der Waals surface area contributed by atoms with Crippen molar-refractivity contribution in [1.82, 2.24) is 5.32 Å². The monoisotopic (exact) mass is 265 g/mol. The summed E-state index contributed by atoms with van der Waals surface area (Å²) in [5.74, 6) is 0. The number of hydrogen-bond donors (Lipinski definition) is 1. The Balaban J connectivity index is 1.97. The molecule has 1 aliphatic heterocycles. The van der Waals surface area contributed by atoms with Crippen LogP contribution in [-0.4, -0.2) is 12.6 Å². The highest BCUT2D eigenvalue weighted by atomic mass is 79.9. The van der Waals surface area contributed by atoms with Crippen LogP contribution in [0.1, 0.15) is 24.8 Å². The highest BCUT2D eigenvalue weighted by Crippen LogP contribution is 2.14. The first-order valence-corrected chi connectivity index (χ1v) is 6.31. The Morgan fingerprint density at radius 3 is 3.00 bits per heavy atom. The van der Waals surface area contributed by atoms with E-state index in [0.717, 1.165) is 11.0 Å². The van der Waals surface area contributed by atoms with Gasteiger partial charge in [0.2, 0.25) is 0 Å². The molecule has 0 aliphatic carbocycles. The van der Waals surface area contributed by atoms with E-state index in [1.54, 1.807) is 0 Å². The van der Waals surface area contributed by atoms with Crippen molar-refractivity contribution >= 4 is 22.0 Å². The van der Waals surface area contributed by atoms with Gasteiger partial charge >= 0.3 is 0 Å². The first-order chi connectivity index (χ1) is 7.34. The molecule has 80 valence electrons. The van der Waals surface area contributed by atoms with Crippen LogP contribution in [0.25, 0.3) is 6.08 Å². The van der Waals surface area contributed by atoms with E-state index in [1.165, 1.54) is 24.8 Å². The van der Waals surface area contributed by atoms with E-state index >= 15 is 0 Å². The molecule has 1 atom stereocenters. The van der Waals surface area contributed by atoms with Crippen LogP contribution in [0.15, 0.2) is 34.8 Å². The minimum absolute atomic E-state index is 0.567. The molecular formula is C13H16BrN. The lowest BCUT2D eigenvalue weighted by Gasteiger charge is -2.19. The van der Waals surface area contributed by atoms with Crippen LogP contribution < -0.4 is 5.32 Å². The number of nitrogens with one attached hydrogen (secondary N) is 1. The highest BCUT2D eigenvalue weighted by molar-refractivity contribution is 9.10. The van der Waals surface area contributed by atoms with E-state index in [1.807, 2.05) is 0 Å². The van der Waals surface area contributed by atoms with Crippen LogP contribution in [0.4, 0.5) is 0 Å². The molecule has 1 nitrogen and oxygen atoms in total. The molecule has 1 aliphatic rings. The van der Waals surface area contributed by atoms with Gasteiger partial charge in [-0.15, -0.1) is 0 Å². The Morgan fingerprint density at radius 1 is 1.33 bits per heavy atom. The number of hydrogen-bond acceptors (Lipinski definition) is 1. The van der Waals surface area contributed by atoms with Crippen molar-refractivity contribution in [3.63, 3.8) is 0 Å². The zero-order valence-electron chi connectivity index (χ0n) is 8.75. The largest absolute Gasteiger partial charge is 0.311 e. The summed E-state index contributed by atoms with van der Waals surface area (Å²) in [6.45, 7) is 1.16. The maximum atomic E-state index is 3.51. The quantitative estimate of drug-likeness (QED) is 0.862. The van der Waals surface area contributed by atoms with E-state index < -0.39 is 0 Å². The molecule has 2 heteroatoms. The van der Waals surface area contributed by atoms with Crippen LogP contribution in [0.5, 0.6) is 0 Å². The Labute approximate surface area is 99.7 Å². The van der Waals surface area contributed by atoms with Crippen molar-refractivity contribution in [1.29, 1.82) is 0 Å². The molecule has 15 heavy (non-hydrogen) atoms. The van der Waals surface area contributed by atoms with Crippen LogP contribution >= 0.6 is 15.9 Å². The second kappa shape index (κ2) is 5.47. The molecule has 1 N–H and O–H groups in total. The molecule has 0 aromatic heterocycles. The second-order valence-corrected chi connectivity index (χ2v) is 4.89. The first kappa shape index (κ1) is 10.9. The van der Waals surface area contributed by atoms with E-state index in [9.17, 15) is 0 Å². The van der Waals surface area contributed by atoms with Crippen molar-refractivity contribution in [2.24, 2.45) is 0 Å². The molecule has 1 aromatic carbocycles. The summed E-state index contributed by atoms with van der Waals surface area (Å²) in [4.78, 5) is 0. The van der Waals surface area contributed by atoms with Crippen molar-refractivity contribution < 1.29 is 0 Å². The van der Waals surface area contributed by atoms with Gasteiger partial charge < -0.3 is 5.32 Å². The van der Waals surface area contributed by atoms with Gasteiger partial charge in [0.15, 0.2) is 0 Å². The normalized spacial score (nSPS) is 22.1. The number of halogens is 1. The van der Waals surface area contributed by atoms with Gasteiger partial charge in [-0.1, -0.05) is 46.6 Å². The predicted octanol–water partition coefficient (Wildman–Crippen LogP) is 3.60. The molecule has 0 amide bonds. The number of benzene rings is 1. The Morgan fingerprint density at radius 2 is 2.27 bits per heavy atom. The topological polar surface area (TPSA) is 12.0 Å². The third kappa shape index (κ3) is 3.47. The summed E-state index contributed by atoms with van der Waals surface area (Å²) in [6.07, 6.45) is 8.42. The van der Waals surface area contributed by atoms with Gasteiger partial charge in [0.05, 0.1) is 0 Å². The molecule has 0 saturated carbocycles. The minimum atomic E-state index is 0.567. The van der Waals surface area contributed by atoms with E-state index in [4.69, 9.17) is 0 Å². The summed E-state index contributed by atoms with van der Waals surface area (Å²) in [5.41, 5.74) is 1.26. The molecule has 1 saturated heterocycles. The average Bonchev–Trinajstić information content (AvgIpc) is 2.28. The van der Waals surface area contributed by atoms with Gasteiger partial charge in [-0.05, 0) is 37.1 Å². The van der Waals surface area contributed by atoms with Gasteiger partial charge in [0.25, 0.3) is 0 Å². The fraction of sp³-hybridized carbons (Fsp3) is 0.385. The molecule has 0 spiro atoms. The minimum Gasteiger partial charge on any atom is -0.311 e. The fourth-order valence-corrected chi connectivity index (χ4v) is 2.30. The Bertz CT molecular complexity index is 340. The Hall–Kier alpha value is -0.600. The fourth-order valence-electron chi connectivity index (χ4n) is 1.88. The number of rotatable bonds is 2. The van der Waals surface area contributed by atoms with Crippen LogP contribution in [0, 0.1) is 0 Å². The lowest BCUT2D eigenvalue weighted by atomic mass is 10.0. The van der Waals surface area contributed by atoms with Gasteiger partial charge in [-0.2, -0.15) is 0 Å². The molecule has 2 rings (SSSR count). The van der Waals surface area contributed by atoms with E-state index in [2.05, 4.69) is 57.7 Å². The van der Waals surface area contributed by atoms with Crippen molar-refractivity contribution in [2.75, 3.05) is 6.54 Å². The van der Waals surface area contributed by atoms with Gasteiger partial charge in [0, 0.05) is 10.5 Å². The highest BCUT2D eigenvalue weighted by Gasteiger charge is 2.07. The summed E-state index contributed by atoms with van der Waals surface area (Å²) < 4.78 is 1.14. The van der Waals surface area contributed by atoms with E-state index in [-0.39, 0.29) is 0 Å². The summed E-state index contributed by atoms with van der Waals surface area (Å²) in [5, 5.41) is 3.51. The summed E-state index contributed by atoms with van der Waals surface area (Å²) in [6, 6.07) is 8.95. The second-order valence-electron chi connectivity index (χ2n) is 3.97. The van der Waals surface area contributed by atoms with E-state index in [0.29, 0.717) is 6.04 Å². The first-order valence-electron chi connectivity index (χ1n) is 5.52. The lowest BCUT2D eigenvalue weighted by Crippen LogP contribution is -2.31. The smallest absolute Gasteiger partial charge is 0.0253 e. The average molecular weight is 266 g/mol. The predicted molar refractivity (Wildman–Crippen MR) is 68.8 cm³/mol. The SMILES string of the molecule is Brc1cccc(/C=C/C2CCCCN2)c1. The lowest BCUT2D eigenvalue weighted by molar-refractivity contribution is 0.455. The van der Waals surface area contributed by atoms with Crippen molar-refractivity contribution in [2.45, 2.75) is 25.3 Å². The van der Waals surface area contributed by atoms with Gasteiger partial charge in [0.1, 0.15) is 0 Å². The van der Waals surface area contributed by atoms with Crippen LogP contribution in [0.2, 0.25) is 0 Å². The molecular weight excluding hydrogens is 250 g/mol. The van der Waals surface area contributed by atoms with Crippen LogP contribution in [-0.2, 0) is 0 Å². The maximum Gasteiger partial charge on any atom is 0.0253 e. The van der Waals surface area contributed by atoms with Crippen molar-refractivity contribution in [3.8, 4) is 0 Å². The third-order valence-electron chi connectivity index (χ3n) is 2.72. The summed E-state index contributed by atoms with van der Waals surface area (Å²) in [7, 11) is 0. The van der Waals surface area contributed by atoms with Gasteiger partial charge in [-0.25, -0.2) is 0 Å². The summed E-state index contributed by atoms with van der Waals surface area (Å²) >= 11 is 3.48. The molecule has 0 radical (unpaired) electrons. The van der Waals surface area contributed by atoms with Gasteiger partial charge in [-0.3, -0.25) is 0 Å². The van der Waals surface area contributed by atoms with Crippen LogP contribution in [0.3, 0.4) is 0 Å². The third-order valence-corrected chi connectivity index (χ3v) is 3.21. The standard InChI is InChI=1S/C13H16BrN/c14-12-5-3-4-11(10-12)7-8-13-6-1-2-9-15-13/h3-5,7-8,10,13,15H,1-2,6,9H2/b8-7+.